The maximum Gasteiger partial charge on any atom is 0.123 e. The number of ether oxygens (including phenoxy) is 1. The van der Waals surface area contributed by atoms with E-state index in [-0.39, 0.29) is 30.7 Å². The van der Waals surface area contributed by atoms with E-state index < -0.39 is 5.41 Å². The Balaban J connectivity index is 2.22. The molecule has 0 radical (unpaired) electrons. The van der Waals surface area contributed by atoms with Gasteiger partial charge >= 0.3 is 0 Å². The normalized spacial score (nSPS) is 24.6. The third kappa shape index (κ3) is 3.19. The van der Waals surface area contributed by atoms with Crippen molar-refractivity contribution in [2.75, 3.05) is 13.2 Å². The summed E-state index contributed by atoms with van der Waals surface area (Å²) in [6, 6.07) is 6.34. The van der Waals surface area contributed by atoms with Gasteiger partial charge in [0.2, 0.25) is 0 Å². The highest BCUT2D eigenvalue weighted by Gasteiger charge is 2.39. The highest BCUT2D eigenvalue weighted by Crippen LogP contribution is 2.37. The van der Waals surface area contributed by atoms with Crippen molar-refractivity contribution in [3.05, 3.63) is 35.6 Å². The lowest BCUT2D eigenvalue weighted by Crippen LogP contribution is -2.42. The summed E-state index contributed by atoms with van der Waals surface area (Å²) in [5, 5.41) is 9.85. The van der Waals surface area contributed by atoms with Gasteiger partial charge in [0.15, 0.2) is 0 Å². The van der Waals surface area contributed by atoms with Crippen molar-refractivity contribution in [3.63, 3.8) is 0 Å². The minimum atomic E-state index is -0.632. The molecule has 20 heavy (non-hydrogen) atoms. The summed E-state index contributed by atoms with van der Waals surface area (Å²) in [4.78, 5) is 0. The summed E-state index contributed by atoms with van der Waals surface area (Å²) in [5.74, 6) is -0.304. The fourth-order valence-electron chi connectivity index (χ4n) is 3.01. The lowest BCUT2D eigenvalue weighted by atomic mass is 9.76. The van der Waals surface area contributed by atoms with Crippen LogP contribution in [0.4, 0.5) is 4.39 Å². The Morgan fingerprint density at radius 1 is 1.50 bits per heavy atom. The molecule has 0 spiro atoms. The molecule has 2 unspecified atom stereocenters. The molecule has 0 bridgehead atoms. The second kappa shape index (κ2) is 5.80. The molecular weight excluding hydrogens is 257 g/mol. The molecule has 1 heterocycles. The largest absolute Gasteiger partial charge is 0.395 e. The fourth-order valence-corrected chi connectivity index (χ4v) is 3.01. The van der Waals surface area contributed by atoms with E-state index in [1.807, 2.05) is 6.07 Å². The minimum absolute atomic E-state index is 0.0592. The van der Waals surface area contributed by atoms with E-state index in [1.165, 1.54) is 12.1 Å². The topological polar surface area (TPSA) is 55.5 Å². The van der Waals surface area contributed by atoms with E-state index in [0.29, 0.717) is 6.42 Å². The molecule has 0 aliphatic carbocycles. The first-order valence-electron chi connectivity index (χ1n) is 7.16. The number of aliphatic hydroxyl groups is 1. The van der Waals surface area contributed by atoms with Crippen LogP contribution in [0.2, 0.25) is 0 Å². The van der Waals surface area contributed by atoms with Gasteiger partial charge in [-0.2, -0.15) is 0 Å². The van der Waals surface area contributed by atoms with Crippen LogP contribution in [0.25, 0.3) is 0 Å². The molecule has 3 nitrogen and oxygen atoms in total. The van der Waals surface area contributed by atoms with Crippen LogP contribution in [0.1, 0.15) is 38.7 Å². The van der Waals surface area contributed by atoms with E-state index in [1.54, 1.807) is 6.07 Å². The molecule has 1 aliphatic rings. The number of hydrogen-bond donors (Lipinski definition) is 2. The van der Waals surface area contributed by atoms with Crippen molar-refractivity contribution in [2.45, 2.75) is 50.2 Å². The predicted octanol–water partition coefficient (Wildman–Crippen LogP) is 2.36. The number of hydrogen-bond acceptors (Lipinski definition) is 3. The maximum atomic E-state index is 13.5. The molecular formula is C16H24FNO2. The molecule has 2 rings (SSSR count). The molecule has 3 N–H and O–H groups in total. The van der Waals surface area contributed by atoms with Crippen LogP contribution < -0.4 is 5.73 Å². The zero-order chi connectivity index (χ0) is 14.8. The van der Waals surface area contributed by atoms with Crippen LogP contribution in [0.3, 0.4) is 0 Å². The van der Waals surface area contributed by atoms with Crippen LogP contribution in [-0.2, 0) is 10.2 Å². The van der Waals surface area contributed by atoms with E-state index in [2.05, 4.69) is 13.8 Å². The first kappa shape index (κ1) is 15.4. The van der Waals surface area contributed by atoms with Crippen molar-refractivity contribution in [1.82, 2.24) is 0 Å². The molecule has 0 aromatic heterocycles. The second-order valence-electron chi connectivity index (χ2n) is 6.40. The van der Waals surface area contributed by atoms with Gasteiger partial charge in [0.25, 0.3) is 0 Å². The van der Waals surface area contributed by atoms with Crippen LogP contribution >= 0.6 is 0 Å². The molecule has 1 saturated heterocycles. The van der Waals surface area contributed by atoms with E-state index in [0.717, 1.165) is 18.4 Å². The molecule has 1 aliphatic heterocycles. The Bertz CT molecular complexity index is 458. The van der Waals surface area contributed by atoms with Gasteiger partial charge in [-0.15, -0.1) is 0 Å². The third-order valence-corrected chi connectivity index (χ3v) is 4.30. The number of halogens is 1. The van der Waals surface area contributed by atoms with Crippen LogP contribution in [0, 0.1) is 5.82 Å². The molecule has 1 aromatic rings. The predicted molar refractivity (Wildman–Crippen MR) is 77.0 cm³/mol. The molecule has 1 fully saturated rings. The Morgan fingerprint density at radius 3 is 2.75 bits per heavy atom. The zero-order valence-electron chi connectivity index (χ0n) is 12.2. The fraction of sp³-hybridized carbons (Fsp3) is 0.625. The van der Waals surface area contributed by atoms with Gasteiger partial charge in [0.05, 0.1) is 18.3 Å². The lowest BCUT2D eigenvalue weighted by molar-refractivity contribution is -0.0313. The number of nitrogens with two attached hydrogens (primary N) is 1. The smallest absolute Gasteiger partial charge is 0.123 e. The standard InChI is InChI=1S/C16H24FNO2/c1-15(2)7-6-14(20-15)9-16(10-18,11-19)12-4-3-5-13(17)8-12/h3-5,8,14,19H,6-7,9-11,18H2,1-2H3. The second-order valence-corrected chi connectivity index (χ2v) is 6.40. The van der Waals surface area contributed by atoms with Gasteiger partial charge in [-0.1, -0.05) is 12.1 Å². The summed E-state index contributed by atoms with van der Waals surface area (Å²) < 4.78 is 19.5. The summed E-state index contributed by atoms with van der Waals surface area (Å²) in [5.41, 5.74) is 5.90. The molecule has 0 amide bonds. The lowest BCUT2D eigenvalue weighted by Gasteiger charge is -2.34. The van der Waals surface area contributed by atoms with Gasteiger partial charge in [-0.25, -0.2) is 4.39 Å². The van der Waals surface area contributed by atoms with Gasteiger partial charge in [-0.05, 0) is 50.8 Å². The van der Waals surface area contributed by atoms with Gasteiger partial charge in [0, 0.05) is 12.0 Å². The third-order valence-electron chi connectivity index (χ3n) is 4.30. The van der Waals surface area contributed by atoms with Crippen LogP contribution in [0.15, 0.2) is 24.3 Å². The highest BCUT2D eigenvalue weighted by atomic mass is 19.1. The SMILES string of the molecule is CC1(C)CCC(CC(CN)(CO)c2cccc(F)c2)O1. The average Bonchev–Trinajstić information content (AvgIpc) is 2.75. The van der Waals surface area contributed by atoms with Crippen LogP contribution in [0.5, 0.6) is 0 Å². The first-order valence-corrected chi connectivity index (χ1v) is 7.16. The minimum Gasteiger partial charge on any atom is -0.395 e. The van der Waals surface area contributed by atoms with Crippen molar-refractivity contribution >= 4 is 0 Å². The average molecular weight is 281 g/mol. The van der Waals surface area contributed by atoms with Crippen molar-refractivity contribution in [1.29, 1.82) is 0 Å². The van der Waals surface area contributed by atoms with E-state index >= 15 is 0 Å². The van der Waals surface area contributed by atoms with E-state index in [4.69, 9.17) is 10.5 Å². The van der Waals surface area contributed by atoms with Crippen molar-refractivity contribution in [3.8, 4) is 0 Å². The monoisotopic (exact) mass is 281 g/mol. The van der Waals surface area contributed by atoms with E-state index in [9.17, 15) is 9.50 Å². The van der Waals surface area contributed by atoms with Gasteiger partial charge < -0.3 is 15.6 Å². The summed E-state index contributed by atoms with van der Waals surface area (Å²) >= 11 is 0. The number of aliphatic hydroxyl groups excluding tert-OH is 1. The Morgan fingerprint density at radius 2 is 2.25 bits per heavy atom. The Labute approximate surface area is 119 Å². The molecule has 2 atom stereocenters. The Hall–Kier alpha value is -0.970. The van der Waals surface area contributed by atoms with Gasteiger partial charge in [0.1, 0.15) is 5.82 Å². The van der Waals surface area contributed by atoms with Gasteiger partial charge in [-0.3, -0.25) is 0 Å². The number of benzene rings is 1. The van der Waals surface area contributed by atoms with Crippen molar-refractivity contribution < 1.29 is 14.2 Å². The maximum absolute atomic E-state index is 13.5. The molecule has 4 heteroatoms. The van der Waals surface area contributed by atoms with Crippen molar-refractivity contribution in [2.24, 2.45) is 5.73 Å². The molecule has 1 aromatic carbocycles. The number of rotatable bonds is 5. The quantitative estimate of drug-likeness (QED) is 0.871. The highest BCUT2D eigenvalue weighted by molar-refractivity contribution is 5.27. The molecule has 0 saturated carbocycles. The summed E-state index contributed by atoms with van der Waals surface area (Å²) in [6.07, 6.45) is 2.62. The Kier molecular flexibility index (Phi) is 4.47. The summed E-state index contributed by atoms with van der Waals surface area (Å²) in [6.45, 7) is 4.30. The molecule has 112 valence electrons. The van der Waals surface area contributed by atoms with Crippen LogP contribution in [-0.4, -0.2) is 30.0 Å². The summed E-state index contributed by atoms with van der Waals surface area (Å²) in [7, 11) is 0. The first-order chi connectivity index (χ1) is 9.41. The zero-order valence-corrected chi connectivity index (χ0v) is 12.2.